The van der Waals surface area contributed by atoms with Crippen molar-refractivity contribution in [1.82, 2.24) is 4.90 Å². The van der Waals surface area contributed by atoms with Crippen LogP contribution in [-0.4, -0.2) is 29.7 Å². The van der Waals surface area contributed by atoms with Crippen LogP contribution in [-0.2, 0) is 9.59 Å². The third kappa shape index (κ3) is 3.48. The minimum Gasteiger partial charge on any atom is -0.335 e. The molecular formula is C11H19NO2. The van der Waals surface area contributed by atoms with E-state index in [2.05, 4.69) is 13.8 Å². The Labute approximate surface area is 85.5 Å². The third-order valence-corrected chi connectivity index (χ3v) is 2.54. The second-order valence-electron chi connectivity index (χ2n) is 4.39. The predicted molar refractivity (Wildman–Crippen MR) is 54.9 cm³/mol. The van der Waals surface area contributed by atoms with Crippen LogP contribution in [0.3, 0.4) is 0 Å². The van der Waals surface area contributed by atoms with Crippen molar-refractivity contribution < 1.29 is 9.59 Å². The first kappa shape index (κ1) is 11.2. The van der Waals surface area contributed by atoms with E-state index in [4.69, 9.17) is 0 Å². The average Bonchev–Trinajstić information content (AvgIpc) is 2.14. The summed E-state index contributed by atoms with van der Waals surface area (Å²) in [7, 11) is 0. The number of piperidine rings is 1. The second-order valence-corrected chi connectivity index (χ2v) is 4.39. The molecule has 14 heavy (non-hydrogen) atoms. The molecule has 1 rings (SSSR count). The van der Waals surface area contributed by atoms with E-state index in [9.17, 15) is 9.59 Å². The molecule has 0 aromatic rings. The first-order valence-electron chi connectivity index (χ1n) is 5.39. The average molecular weight is 197 g/mol. The number of Topliss-reactive ketones (excluding diaryl/α,β-unsaturated/α-hetero) is 1. The van der Waals surface area contributed by atoms with Gasteiger partial charge in [0.1, 0.15) is 0 Å². The lowest BCUT2D eigenvalue weighted by molar-refractivity contribution is -0.137. The fourth-order valence-electron chi connectivity index (χ4n) is 1.62. The van der Waals surface area contributed by atoms with Gasteiger partial charge < -0.3 is 4.90 Å². The Morgan fingerprint density at radius 3 is 2.79 bits per heavy atom. The molecule has 1 aliphatic heterocycles. The number of hydrogen-bond donors (Lipinski definition) is 0. The number of hydrogen-bond acceptors (Lipinski definition) is 2. The van der Waals surface area contributed by atoms with Gasteiger partial charge in [-0.05, 0) is 18.8 Å². The Morgan fingerprint density at radius 1 is 1.50 bits per heavy atom. The summed E-state index contributed by atoms with van der Waals surface area (Å²) in [6.07, 6.45) is 2.99. The zero-order valence-electron chi connectivity index (χ0n) is 9.08. The molecule has 1 saturated heterocycles. The van der Waals surface area contributed by atoms with E-state index < -0.39 is 0 Å². The van der Waals surface area contributed by atoms with Crippen molar-refractivity contribution in [1.29, 1.82) is 0 Å². The summed E-state index contributed by atoms with van der Waals surface area (Å²) in [5, 5.41) is 0. The number of nitrogens with zero attached hydrogens (tertiary/aromatic N) is 1. The van der Waals surface area contributed by atoms with Gasteiger partial charge in [-0.15, -0.1) is 0 Å². The molecule has 0 aliphatic carbocycles. The lowest BCUT2D eigenvalue weighted by Gasteiger charge is -2.26. The minimum atomic E-state index is 0.145. The molecule has 0 spiro atoms. The molecule has 0 radical (unpaired) electrons. The van der Waals surface area contributed by atoms with Crippen molar-refractivity contribution in [2.24, 2.45) is 5.92 Å². The topological polar surface area (TPSA) is 37.4 Å². The fourth-order valence-corrected chi connectivity index (χ4v) is 1.62. The molecule has 0 N–H and O–H groups in total. The van der Waals surface area contributed by atoms with Crippen LogP contribution in [0.4, 0.5) is 0 Å². The Kier molecular flexibility index (Phi) is 4.11. The molecule has 0 bridgehead atoms. The third-order valence-electron chi connectivity index (χ3n) is 2.54. The summed E-state index contributed by atoms with van der Waals surface area (Å²) in [5.41, 5.74) is 0. The van der Waals surface area contributed by atoms with E-state index >= 15 is 0 Å². The van der Waals surface area contributed by atoms with E-state index in [1.54, 1.807) is 4.90 Å². The van der Waals surface area contributed by atoms with Gasteiger partial charge in [0.05, 0.1) is 6.54 Å². The number of carbonyl (C=O) groups is 2. The van der Waals surface area contributed by atoms with Gasteiger partial charge in [-0.2, -0.15) is 0 Å². The number of ketones is 1. The highest BCUT2D eigenvalue weighted by Crippen LogP contribution is 2.10. The molecule has 1 fully saturated rings. The number of likely N-dealkylation sites (tertiary alicyclic amines) is 1. The predicted octanol–water partition coefficient (Wildman–Crippen LogP) is 1.61. The first-order chi connectivity index (χ1) is 6.59. The van der Waals surface area contributed by atoms with Crippen molar-refractivity contribution >= 4 is 11.7 Å². The zero-order valence-corrected chi connectivity index (χ0v) is 9.08. The molecule has 80 valence electrons. The summed E-state index contributed by atoms with van der Waals surface area (Å²) in [6, 6.07) is 0. The van der Waals surface area contributed by atoms with Crippen LogP contribution < -0.4 is 0 Å². The summed E-state index contributed by atoms with van der Waals surface area (Å²) in [6.45, 7) is 5.32. The summed E-state index contributed by atoms with van der Waals surface area (Å²) in [4.78, 5) is 24.4. The van der Waals surface area contributed by atoms with E-state index in [0.717, 1.165) is 19.4 Å². The Morgan fingerprint density at radius 2 is 2.21 bits per heavy atom. The maximum Gasteiger partial charge on any atom is 0.222 e. The van der Waals surface area contributed by atoms with Gasteiger partial charge in [0.2, 0.25) is 5.91 Å². The molecule has 1 aliphatic rings. The van der Waals surface area contributed by atoms with Crippen LogP contribution in [0.15, 0.2) is 0 Å². The molecule has 3 nitrogen and oxygen atoms in total. The van der Waals surface area contributed by atoms with Crippen LogP contribution in [0.1, 0.15) is 39.5 Å². The molecule has 0 saturated carbocycles. The molecule has 0 aromatic heterocycles. The van der Waals surface area contributed by atoms with Gasteiger partial charge in [0.25, 0.3) is 0 Å². The van der Waals surface area contributed by atoms with Crippen LogP contribution in [0.25, 0.3) is 0 Å². The van der Waals surface area contributed by atoms with Crippen molar-refractivity contribution in [3.05, 3.63) is 0 Å². The largest absolute Gasteiger partial charge is 0.335 e. The standard InChI is InChI=1S/C11H19NO2/c1-9(2)5-6-11(14)12-7-3-4-10(13)8-12/h9H,3-8H2,1-2H3. The van der Waals surface area contributed by atoms with Crippen molar-refractivity contribution in [2.75, 3.05) is 13.1 Å². The molecule has 0 atom stereocenters. The Hall–Kier alpha value is -0.860. The van der Waals surface area contributed by atoms with Gasteiger partial charge >= 0.3 is 0 Å². The maximum absolute atomic E-state index is 11.6. The van der Waals surface area contributed by atoms with Gasteiger partial charge in [-0.25, -0.2) is 0 Å². The highest BCUT2D eigenvalue weighted by Gasteiger charge is 2.20. The smallest absolute Gasteiger partial charge is 0.222 e. The van der Waals surface area contributed by atoms with Gasteiger partial charge in [0, 0.05) is 19.4 Å². The monoisotopic (exact) mass is 197 g/mol. The molecular weight excluding hydrogens is 178 g/mol. The molecule has 1 heterocycles. The fraction of sp³-hybridized carbons (Fsp3) is 0.818. The quantitative estimate of drug-likeness (QED) is 0.689. The zero-order chi connectivity index (χ0) is 10.6. The van der Waals surface area contributed by atoms with Crippen molar-refractivity contribution in [3.63, 3.8) is 0 Å². The maximum atomic E-state index is 11.6. The highest BCUT2D eigenvalue weighted by molar-refractivity contribution is 5.87. The van der Waals surface area contributed by atoms with E-state index in [0.29, 0.717) is 25.3 Å². The highest BCUT2D eigenvalue weighted by atomic mass is 16.2. The number of carbonyl (C=O) groups excluding carboxylic acids is 2. The molecule has 0 unspecified atom stereocenters. The summed E-state index contributed by atoms with van der Waals surface area (Å²) < 4.78 is 0. The van der Waals surface area contributed by atoms with E-state index in [1.165, 1.54) is 0 Å². The Bertz CT molecular complexity index is 223. The van der Waals surface area contributed by atoms with Crippen molar-refractivity contribution in [3.8, 4) is 0 Å². The van der Waals surface area contributed by atoms with Crippen LogP contribution >= 0.6 is 0 Å². The van der Waals surface area contributed by atoms with E-state index in [1.807, 2.05) is 0 Å². The normalized spacial score (nSPS) is 17.6. The number of amides is 1. The Balaban J connectivity index is 2.32. The molecule has 1 amide bonds. The van der Waals surface area contributed by atoms with Crippen LogP contribution in [0.5, 0.6) is 0 Å². The SMILES string of the molecule is CC(C)CCC(=O)N1CCCC(=O)C1. The minimum absolute atomic E-state index is 0.145. The van der Waals surface area contributed by atoms with Crippen LogP contribution in [0, 0.1) is 5.92 Å². The first-order valence-corrected chi connectivity index (χ1v) is 5.39. The van der Waals surface area contributed by atoms with Gasteiger partial charge in [-0.3, -0.25) is 9.59 Å². The van der Waals surface area contributed by atoms with Gasteiger partial charge in [-0.1, -0.05) is 13.8 Å². The van der Waals surface area contributed by atoms with Gasteiger partial charge in [0.15, 0.2) is 5.78 Å². The lowest BCUT2D eigenvalue weighted by atomic mass is 10.1. The lowest BCUT2D eigenvalue weighted by Crippen LogP contribution is -2.40. The van der Waals surface area contributed by atoms with E-state index in [-0.39, 0.29) is 11.7 Å². The molecule has 0 aromatic carbocycles. The second kappa shape index (κ2) is 5.13. The van der Waals surface area contributed by atoms with Crippen molar-refractivity contribution in [2.45, 2.75) is 39.5 Å². The number of rotatable bonds is 3. The summed E-state index contributed by atoms with van der Waals surface area (Å²) >= 11 is 0. The van der Waals surface area contributed by atoms with Crippen LogP contribution in [0.2, 0.25) is 0 Å². The molecule has 3 heteroatoms. The summed E-state index contributed by atoms with van der Waals surface area (Å²) in [5.74, 6) is 0.903.